The minimum Gasteiger partial charge on any atom is -0.347 e. The van der Waals surface area contributed by atoms with Gasteiger partial charge in [-0.05, 0) is 18.2 Å². The number of nitrogens with two attached hydrogens (primary N) is 1. The van der Waals surface area contributed by atoms with Crippen LogP contribution in [0.5, 0.6) is 0 Å². The minimum absolute atomic E-state index is 0.152. The maximum Gasteiger partial charge on any atom is 0.254 e. The first-order valence-electron chi connectivity index (χ1n) is 5.92. The van der Waals surface area contributed by atoms with Crippen LogP contribution in [0.1, 0.15) is 15.9 Å². The van der Waals surface area contributed by atoms with E-state index in [4.69, 9.17) is 5.73 Å². The Balaban J connectivity index is 2.84. The normalized spacial score (nSPS) is 9.40. The number of carbonyl (C=O) groups excluding carboxylic acids is 2. The number of benzene rings is 1. The number of nitrogens with one attached hydrogen (secondary N) is 1. The molecule has 6 heteroatoms. The fourth-order valence-corrected chi connectivity index (χ4v) is 1.34. The lowest BCUT2D eigenvalue weighted by molar-refractivity contribution is -0.127. The third-order valence-electron chi connectivity index (χ3n) is 2.44. The summed E-state index contributed by atoms with van der Waals surface area (Å²) in [6.45, 7) is -0.0137. The standard InChI is InChI=1S/C14H16FN3O2/c1-18(2)13(19)9-17-14(20)11-8-10(4-3-7-16)5-6-12(11)15/h5-6,8H,7,9,16H2,1-2H3,(H,17,20). The molecular formula is C14H16FN3O2. The van der Waals surface area contributed by atoms with Crippen molar-refractivity contribution in [3.05, 3.63) is 35.1 Å². The molecule has 0 aromatic heterocycles. The average Bonchev–Trinajstić information content (AvgIpc) is 2.43. The third kappa shape index (κ3) is 4.37. The SMILES string of the molecule is CN(C)C(=O)CNC(=O)c1cc(C#CCN)ccc1F. The zero-order chi connectivity index (χ0) is 15.1. The van der Waals surface area contributed by atoms with E-state index < -0.39 is 11.7 Å². The van der Waals surface area contributed by atoms with Gasteiger partial charge in [-0.3, -0.25) is 9.59 Å². The third-order valence-corrected chi connectivity index (χ3v) is 2.44. The van der Waals surface area contributed by atoms with Crippen LogP contribution in [-0.2, 0) is 4.79 Å². The van der Waals surface area contributed by atoms with E-state index >= 15 is 0 Å². The molecule has 5 nitrogen and oxygen atoms in total. The van der Waals surface area contributed by atoms with Crippen LogP contribution < -0.4 is 11.1 Å². The van der Waals surface area contributed by atoms with Crippen LogP contribution in [0.4, 0.5) is 4.39 Å². The molecule has 0 atom stereocenters. The molecule has 0 aliphatic heterocycles. The first-order valence-corrected chi connectivity index (χ1v) is 5.92. The molecule has 0 spiro atoms. The summed E-state index contributed by atoms with van der Waals surface area (Å²) in [5.41, 5.74) is 5.58. The number of carbonyl (C=O) groups is 2. The molecule has 0 aliphatic carbocycles. The Morgan fingerprint density at radius 3 is 2.70 bits per heavy atom. The van der Waals surface area contributed by atoms with Gasteiger partial charge in [0.1, 0.15) is 5.82 Å². The fraction of sp³-hybridized carbons (Fsp3) is 0.286. The van der Waals surface area contributed by atoms with Crippen molar-refractivity contribution >= 4 is 11.8 Å². The molecule has 1 aromatic carbocycles. The smallest absolute Gasteiger partial charge is 0.254 e. The number of nitrogens with zero attached hydrogens (tertiary/aromatic N) is 1. The van der Waals surface area contributed by atoms with Crippen LogP contribution in [0, 0.1) is 17.7 Å². The summed E-state index contributed by atoms with van der Waals surface area (Å²) in [5.74, 6) is 3.72. The molecule has 3 N–H and O–H groups in total. The zero-order valence-corrected chi connectivity index (χ0v) is 11.4. The van der Waals surface area contributed by atoms with Crippen molar-refractivity contribution in [3.8, 4) is 11.8 Å². The molecule has 0 heterocycles. The van der Waals surface area contributed by atoms with Crippen LogP contribution in [0.3, 0.4) is 0 Å². The molecule has 1 aromatic rings. The lowest BCUT2D eigenvalue weighted by Crippen LogP contribution is -2.36. The highest BCUT2D eigenvalue weighted by Gasteiger charge is 2.13. The van der Waals surface area contributed by atoms with Gasteiger partial charge >= 0.3 is 0 Å². The molecular weight excluding hydrogens is 261 g/mol. The Kier molecular flexibility index (Phi) is 5.69. The molecule has 0 fully saturated rings. The molecule has 0 saturated carbocycles. The van der Waals surface area contributed by atoms with E-state index in [0.29, 0.717) is 5.56 Å². The Morgan fingerprint density at radius 1 is 1.40 bits per heavy atom. The van der Waals surface area contributed by atoms with Crippen molar-refractivity contribution in [2.75, 3.05) is 27.2 Å². The molecule has 0 unspecified atom stereocenters. The summed E-state index contributed by atoms with van der Waals surface area (Å²) in [5, 5.41) is 2.36. The van der Waals surface area contributed by atoms with Gasteiger partial charge in [-0.2, -0.15) is 0 Å². The van der Waals surface area contributed by atoms with Gasteiger partial charge in [-0.1, -0.05) is 11.8 Å². The van der Waals surface area contributed by atoms with Crippen LogP contribution in [0.2, 0.25) is 0 Å². The molecule has 106 valence electrons. The van der Waals surface area contributed by atoms with Crippen molar-refractivity contribution in [3.63, 3.8) is 0 Å². The van der Waals surface area contributed by atoms with Gasteiger partial charge in [0.15, 0.2) is 0 Å². The number of amides is 2. The van der Waals surface area contributed by atoms with Crippen LogP contribution in [0.25, 0.3) is 0 Å². The number of likely N-dealkylation sites (N-methyl/N-ethyl adjacent to an activating group) is 1. The number of rotatable bonds is 3. The summed E-state index contributed by atoms with van der Waals surface area (Å²) in [4.78, 5) is 24.5. The second-order valence-corrected chi connectivity index (χ2v) is 4.17. The van der Waals surface area contributed by atoms with Gasteiger partial charge in [0.25, 0.3) is 5.91 Å². The van der Waals surface area contributed by atoms with Crippen LogP contribution in [-0.4, -0.2) is 43.9 Å². The predicted molar refractivity (Wildman–Crippen MR) is 73.4 cm³/mol. The van der Waals surface area contributed by atoms with E-state index in [-0.39, 0.29) is 24.6 Å². The fourth-order valence-electron chi connectivity index (χ4n) is 1.34. The summed E-state index contributed by atoms with van der Waals surface area (Å²) in [6.07, 6.45) is 0. The van der Waals surface area contributed by atoms with E-state index in [0.717, 1.165) is 6.07 Å². The summed E-state index contributed by atoms with van der Waals surface area (Å²) >= 11 is 0. The Labute approximate surface area is 116 Å². The number of halogens is 1. The Morgan fingerprint density at radius 2 is 2.10 bits per heavy atom. The molecule has 20 heavy (non-hydrogen) atoms. The quantitative estimate of drug-likeness (QED) is 0.761. The minimum atomic E-state index is -0.668. The van der Waals surface area contributed by atoms with Gasteiger partial charge < -0.3 is 16.0 Å². The van der Waals surface area contributed by atoms with Crippen molar-refractivity contribution in [1.82, 2.24) is 10.2 Å². The van der Waals surface area contributed by atoms with Gasteiger partial charge in [0.2, 0.25) is 5.91 Å². The maximum absolute atomic E-state index is 13.6. The van der Waals surface area contributed by atoms with Crippen molar-refractivity contribution in [2.45, 2.75) is 0 Å². The summed E-state index contributed by atoms with van der Waals surface area (Å²) in [6, 6.07) is 3.94. The predicted octanol–water partition coefficient (Wildman–Crippen LogP) is -0.0461. The molecule has 0 saturated heterocycles. The van der Waals surface area contributed by atoms with E-state index in [1.165, 1.54) is 17.0 Å². The largest absolute Gasteiger partial charge is 0.347 e. The van der Waals surface area contributed by atoms with Crippen molar-refractivity contribution < 1.29 is 14.0 Å². The molecule has 0 aliphatic rings. The van der Waals surface area contributed by atoms with Gasteiger partial charge in [-0.25, -0.2) is 4.39 Å². The average molecular weight is 277 g/mol. The maximum atomic E-state index is 13.6. The first kappa shape index (κ1) is 15.7. The van der Waals surface area contributed by atoms with E-state index in [1.807, 2.05) is 0 Å². The molecule has 0 radical (unpaired) electrons. The van der Waals surface area contributed by atoms with Gasteiger partial charge in [0.05, 0.1) is 18.7 Å². The molecule has 1 rings (SSSR count). The summed E-state index contributed by atoms with van der Waals surface area (Å²) < 4.78 is 13.6. The van der Waals surface area contributed by atoms with Gasteiger partial charge in [0, 0.05) is 19.7 Å². The molecule has 0 bridgehead atoms. The lowest BCUT2D eigenvalue weighted by atomic mass is 10.1. The first-order chi connectivity index (χ1) is 9.45. The van der Waals surface area contributed by atoms with Gasteiger partial charge in [-0.15, -0.1) is 0 Å². The Bertz CT molecular complexity index is 574. The zero-order valence-electron chi connectivity index (χ0n) is 11.4. The Hall–Kier alpha value is -2.39. The number of hydrogen-bond donors (Lipinski definition) is 2. The van der Waals surface area contributed by atoms with E-state index in [1.54, 1.807) is 14.1 Å². The highest BCUT2D eigenvalue weighted by molar-refractivity contribution is 5.96. The highest BCUT2D eigenvalue weighted by atomic mass is 19.1. The monoisotopic (exact) mass is 277 g/mol. The van der Waals surface area contributed by atoms with E-state index in [2.05, 4.69) is 17.2 Å². The molecule has 2 amide bonds. The number of hydrogen-bond acceptors (Lipinski definition) is 3. The van der Waals surface area contributed by atoms with Crippen LogP contribution >= 0.6 is 0 Å². The second-order valence-electron chi connectivity index (χ2n) is 4.17. The summed E-state index contributed by atoms with van der Waals surface area (Å²) in [7, 11) is 3.14. The van der Waals surface area contributed by atoms with Crippen molar-refractivity contribution in [1.29, 1.82) is 0 Å². The topological polar surface area (TPSA) is 75.4 Å². The van der Waals surface area contributed by atoms with E-state index in [9.17, 15) is 14.0 Å². The second kappa shape index (κ2) is 7.26. The van der Waals surface area contributed by atoms with Crippen molar-refractivity contribution in [2.24, 2.45) is 5.73 Å². The highest BCUT2D eigenvalue weighted by Crippen LogP contribution is 2.10. The van der Waals surface area contributed by atoms with Crippen LogP contribution in [0.15, 0.2) is 18.2 Å². The lowest BCUT2D eigenvalue weighted by Gasteiger charge is -2.11.